The lowest BCUT2D eigenvalue weighted by Gasteiger charge is -2.32. The highest BCUT2D eigenvalue weighted by molar-refractivity contribution is 6.05. The van der Waals surface area contributed by atoms with Gasteiger partial charge in [0.25, 0.3) is 5.91 Å². The van der Waals surface area contributed by atoms with Crippen molar-refractivity contribution >= 4 is 17.3 Å². The number of halogens is 1. The van der Waals surface area contributed by atoms with Crippen molar-refractivity contribution in [3.63, 3.8) is 0 Å². The molecule has 23 heavy (non-hydrogen) atoms. The van der Waals surface area contributed by atoms with E-state index in [1.54, 1.807) is 0 Å². The molecule has 0 atom stereocenters. The van der Waals surface area contributed by atoms with Crippen LogP contribution in [-0.4, -0.2) is 25.5 Å². The van der Waals surface area contributed by atoms with Crippen LogP contribution in [0.1, 0.15) is 22.3 Å². The molecule has 1 amide bonds. The minimum atomic E-state index is -0.351. The number of benzene rings is 2. The van der Waals surface area contributed by atoms with Crippen LogP contribution in [0.3, 0.4) is 0 Å². The van der Waals surface area contributed by atoms with Gasteiger partial charge in [0.1, 0.15) is 5.82 Å². The number of hydrogen-bond acceptors (Lipinski definition) is 3. The van der Waals surface area contributed by atoms with Gasteiger partial charge < -0.3 is 16.0 Å². The van der Waals surface area contributed by atoms with Crippen LogP contribution < -0.4 is 16.0 Å². The van der Waals surface area contributed by atoms with Crippen LogP contribution in [0.4, 0.5) is 15.8 Å². The minimum absolute atomic E-state index is 0.227. The number of rotatable bonds is 4. The third-order valence-electron chi connectivity index (χ3n) is 4.10. The second-order valence-corrected chi connectivity index (χ2v) is 5.64. The summed E-state index contributed by atoms with van der Waals surface area (Å²) in [4.78, 5) is 14.6. The quantitative estimate of drug-likeness (QED) is 0.912. The van der Waals surface area contributed by atoms with Crippen molar-refractivity contribution in [1.82, 2.24) is 0 Å². The molecule has 1 aliphatic rings. The van der Waals surface area contributed by atoms with Gasteiger partial charge >= 0.3 is 0 Å². The van der Waals surface area contributed by atoms with Crippen LogP contribution in [0.2, 0.25) is 0 Å². The SMILES string of the molecule is NCCN1CCCc2c(NC(=O)c3ccc(F)cc3)cccc21. The lowest BCUT2D eigenvalue weighted by atomic mass is 9.99. The van der Waals surface area contributed by atoms with Gasteiger partial charge in [-0.25, -0.2) is 4.39 Å². The molecule has 2 aromatic rings. The molecule has 0 saturated carbocycles. The van der Waals surface area contributed by atoms with E-state index >= 15 is 0 Å². The van der Waals surface area contributed by atoms with Gasteiger partial charge in [0, 0.05) is 36.6 Å². The van der Waals surface area contributed by atoms with Crippen molar-refractivity contribution in [2.75, 3.05) is 29.9 Å². The van der Waals surface area contributed by atoms with Gasteiger partial charge in [-0.2, -0.15) is 0 Å². The molecule has 2 aromatic carbocycles. The highest BCUT2D eigenvalue weighted by Gasteiger charge is 2.20. The van der Waals surface area contributed by atoms with E-state index in [4.69, 9.17) is 5.73 Å². The van der Waals surface area contributed by atoms with Crippen LogP contribution >= 0.6 is 0 Å². The van der Waals surface area contributed by atoms with Gasteiger partial charge in [0.15, 0.2) is 0 Å². The van der Waals surface area contributed by atoms with E-state index in [2.05, 4.69) is 16.3 Å². The summed E-state index contributed by atoms with van der Waals surface area (Å²) in [6.07, 6.45) is 1.96. The monoisotopic (exact) mass is 313 g/mol. The first-order valence-electron chi connectivity index (χ1n) is 7.83. The molecule has 3 rings (SSSR count). The summed E-state index contributed by atoms with van der Waals surface area (Å²) in [5.74, 6) is -0.578. The third kappa shape index (κ3) is 3.35. The van der Waals surface area contributed by atoms with Crippen LogP contribution in [0.15, 0.2) is 42.5 Å². The molecule has 0 aromatic heterocycles. The second-order valence-electron chi connectivity index (χ2n) is 5.64. The van der Waals surface area contributed by atoms with Crippen molar-refractivity contribution < 1.29 is 9.18 Å². The average Bonchev–Trinajstić information content (AvgIpc) is 2.56. The van der Waals surface area contributed by atoms with Crippen LogP contribution in [0.5, 0.6) is 0 Å². The zero-order valence-electron chi connectivity index (χ0n) is 12.9. The summed E-state index contributed by atoms with van der Waals surface area (Å²) in [6, 6.07) is 11.5. The van der Waals surface area contributed by atoms with E-state index in [0.29, 0.717) is 12.1 Å². The average molecular weight is 313 g/mol. The summed E-state index contributed by atoms with van der Waals surface area (Å²) >= 11 is 0. The fourth-order valence-electron chi connectivity index (χ4n) is 3.00. The Bertz CT molecular complexity index is 700. The van der Waals surface area contributed by atoms with Crippen molar-refractivity contribution in [2.24, 2.45) is 5.73 Å². The Labute approximate surface area is 135 Å². The van der Waals surface area contributed by atoms with Gasteiger partial charge in [-0.15, -0.1) is 0 Å². The standard InChI is InChI=1S/C18H20FN3O/c19-14-8-6-13(7-9-14)18(23)21-16-4-1-5-17-15(16)3-2-11-22(17)12-10-20/h1,4-9H,2-3,10-12,20H2,(H,21,23). The van der Waals surface area contributed by atoms with Gasteiger partial charge in [-0.05, 0) is 54.8 Å². The molecule has 0 fully saturated rings. The minimum Gasteiger partial charge on any atom is -0.370 e. The van der Waals surface area contributed by atoms with Crippen LogP contribution in [0, 0.1) is 5.82 Å². The fraction of sp³-hybridized carbons (Fsp3) is 0.278. The van der Waals surface area contributed by atoms with Crippen molar-refractivity contribution in [2.45, 2.75) is 12.8 Å². The number of anilines is 2. The van der Waals surface area contributed by atoms with E-state index in [-0.39, 0.29) is 11.7 Å². The molecule has 1 aliphatic heterocycles. The normalized spacial score (nSPS) is 13.6. The number of nitrogens with zero attached hydrogens (tertiary/aromatic N) is 1. The molecule has 0 radical (unpaired) electrons. The number of carbonyl (C=O) groups excluding carboxylic acids is 1. The zero-order valence-corrected chi connectivity index (χ0v) is 12.9. The predicted molar refractivity (Wildman–Crippen MR) is 90.4 cm³/mol. The van der Waals surface area contributed by atoms with E-state index in [0.717, 1.165) is 42.9 Å². The Morgan fingerprint density at radius 1 is 1.22 bits per heavy atom. The number of nitrogens with one attached hydrogen (secondary N) is 1. The molecule has 0 unspecified atom stereocenters. The number of carbonyl (C=O) groups is 1. The van der Waals surface area contributed by atoms with E-state index in [1.807, 2.05) is 12.1 Å². The smallest absolute Gasteiger partial charge is 0.255 e. The molecule has 0 saturated heterocycles. The van der Waals surface area contributed by atoms with Gasteiger partial charge in [0.2, 0.25) is 0 Å². The molecule has 5 heteroatoms. The molecule has 3 N–H and O–H groups in total. The van der Waals surface area contributed by atoms with Gasteiger partial charge in [-0.3, -0.25) is 4.79 Å². The maximum Gasteiger partial charge on any atom is 0.255 e. The van der Waals surface area contributed by atoms with E-state index < -0.39 is 0 Å². The maximum absolute atomic E-state index is 13.0. The summed E-state index contributed by atoms with van der Waals surface area (Å²) in [5, 5.41) is 2.95. The largest absolute Gasteiger partial charge is 0.370 e. The molecular weight excluding hydrogens is 293 g/mol. The Kier molecular flexibility index (Phi) is 4.57. The number of amides is 1. The van der Waals surface area contributed by atoms with Gasteiger partial charge in [-0.1, -0.05) is 6.07 Å². The number of fused-ring (bicyclic) bond motifs is 1. The molecule has 4 nitrogen and oxygen atoms in total. The van der Waals surface area contributed by atoms with Crippen molar-refractivity contribution in [3.05, 3.63) is 59.4 Å². The molecular formula is C18H20FN3O. The lowest BCUT2D eigenvalue weighted by molar-refractivity contribution is 0.102. The summed E-state index contributed by atoms with van der Waals surface area (Å²) in [5.41, 5.74) is 9.22. The first kappa shape index (κ1) is 15.5. The van der Waals surface area contributed by atoms with Crippen LogP contribution in [-0.2, 0) is 6.42 Å². The lowest BCUT2D eigenvalue weighted by Crippen LogP contribution is -2.34. The molecule has 1 heterocycles. The maximum atomic E-state index is 13.0. The zero-order chi connectivity index (χ0) is 16.2. The molecule has 0 bridgehead atoms. The Morgan fingerprint density at radius 3 is 2.74 bits per heavy atom. The molecule has 120 valence electrons. The summed E-state index contributed by atoms with van der Waals surface area (Å²) < 4.78 is 13.0. The number of nitrogens with two attached hydrogens (primary N) is 1. The third-order valence-corrected chi connectivity index (χ3v) is 4.10. The Hall–Kier alpha value is -2.40. The van der Waals surface area contributed by atoms with E-state index in [9.17, 15) is 9.18 Å². The van der Waals surface area contributed by atoms with Crippen molar-refractivity contribution in [3.8, 4) is 0 Å². The second kappa shape index (κ2) is 6.79. The first-order valence-corrected chi connectivity index (χ1v) is 7.83. The first-order chi connectivity index (χ1) is 11.2. The number of hydrogen-bond donors (Lipinski definition) is 2. The fourth-order valence-corrected chi connectivity index (χ4v) is 3.00. The summed E-state index contributed by atoms with van der Waals surface area (Å²) in [7, 11) is 0. The molecule has 0 spiro atoms. The molecule has 0 aliphatic carbocycles. The Morgan fingerprint density at radius 2 is 2.00 bits per heavy atom. The summed E-state index contributed by atoms with van der Waals surface area (Å²) in [6.45, 7) is 2.40. The van der Waals surface area contributed by atoms with Crippen molar-refractivity contribution in [1.29, 1.82) is 0 Å². The highest BCUT2D eigenvalue weighted by Crippen LogP contribution is 2.32. The van der Waals surface area contributed by atoms with E-state index in [1.165, 1.54) is 24.3 Å². The highest BCUT2D eigenvalue weighted by atomic mass is 19.1. The van der Waals surface area contributed by atoms with Gasteiger partial charge in [0.05, 0.1) is 0 Å². The topological polar surface area (TPSA) is 58.4 Å². The Balaban J connectivity index is 1.85. The van der Waals surface area contributed by atoms with Crippen LogP contribution in [0.25, 0.3) is 0 Å². The predicted octanol–water partition coefficient (Wildman–Crippen LogP) is 2.79.